The minimum Gasteiger partial charge on any atom is -0.494 e. The number of carbonyl (C=O) groups excluding carboxylic acids is 1. The van der Waals surface area contributed by atoms with Crippen molar-refractivity contribution < 1.29 is 19.0 Å². The molecular formula is C22H24N2O4S. The number of nitrogens with zero attached hydrogens (tertiary/aromatic N) is 2. The number of carbonyl (C=O) groups is 1. The van der Waals surface area contributed by atoms with E-state index >= 15 is 0 Å². The zero-order valence-corrected chi connectivity index (χ0v) is 18.0. The highest BCUT2D eigenvalue weighted by atomic mass is 32.1. The van der Waals surface area contributed by atoms with Crippen molar-refractivity contribution in [2.24, 2.45) is 0 Å². The van der Waals surface area contributed by atoms with Gasteiger partial charge in [0.05, 0.1) is 26.5 Å². The van der Waals surface area contributed by atoms with Gasteiger partial charge in [-0.3, -0.25) is 9.69 Å². The van der Waals surface area contributed by atoms with Crippen molar-refractivity contribution >= 4 is 35.0 Å². The summed E-state index contributed by atoms with van der Waals surface area (Å²) in [7, 11) is 4.97. The molecule has 7 heteroatoms. The Bertz CT molecular complexity index is 970. The van der Waals surface area contributed by atoms with Gasteiger partial charge in [-0.2, -0.15) is 0 Å². The van der Waals surface area contributed by atoms with Crippen molar-refractivity contribution in [1.82, 2.24) is 4.90 Å². The van der Waals surface area contributed by atoms with Gasteiger partial charge in [0.15, 0.2) is 16.6 Å². The summed E-state index contributed by atoms with van der Waals surface area (Å²) in [5.41, 5.74) is 3.00. The number of anilines is 1. The Kier molecular flexibility index (Phi) is 6.08. The van der Waals surface area contributed by atoms with Gasteiger partial charge in [0.1, 0.15) is 11.4 Å². The third-order valence-corrected chi connectivity index (χ3v) is 5.19. The standard InChI is InChI=1S/C22H24N2O4S/c1-6-28-17-9-7-16(8-10-17)24-21(25)18(23(3)22(24)29)12-15-13-20(27-5)19(26-4)11-14(15)2/h7-13H,6H2,1-5H3. The molecule has 1 saturated heterocycles. The van der Waals surface area contributed by atoms with E-state index < -0.39 is 0 Å². The van der Waals surface area contributed by atoms with E-state index in [0.717, 1.165) is 16.9 Å². The van der Waals surface area contributed by atoms with E-state index in [4.69, 9.17) is 26.4 Å². The van der Waals surface area contributed by atoms with Crippen LogP contribution in [0.15, 0.2) is 42.1 Å². The maximum atomic E-state index is 13.2. The lowest BCUT2D eigenvalue weighted by atomic mass is 10.1. The molecule has 1 aliphatic rings. The number of hydrogen-bond donors (Lipinski definition) is 0. The zero-order chi connectivity index (χ0) is 21.1. The molecule has 2 aromatic carbocycles. The Morgan fingerprint density at radius 2 is 1.69 bits per heavy atom. The van der Waals surface area contributed by atoms with Gasteiger partial charge in [0.2, 0.25) is 0 Å². The quantitative estimate of drug-likeness (QED) is 0.528. The highest BCUT2D eigenvalue weighted by molar-refractivity contribution is 7.80. The summed E-state index contributed by atoms with van der Waals surface area (Å²) in [5, 5.41) is 0.420. The number of methoxy groups -OCH3 is 2. The normalized spacial score (nSPS) is 15.3. The highest BCUT2D eigenvalue weighted by Crippen LogP contribution is 2.33. The molecule has 0 atom stereocenters. The molecule has 1 heterocycles. The van der Waals surface area contributed by atoms with Crippen molar-refractivity contribution in [3.8, 4) is 17.2 Å². The first-order valence-electron chi connectivity index (χ1n) is 9.20. The smallest absolute Gasteiger partial charge is 0.281 e. The first-order chi connectivity index (χ1) is 13.9. The Morgan fingerprint density at radius 1 is 1.07 bits per heavy atom. The van der Waals surface area contributed by atoms with Crippen molar-refractivity contribution in [2.75, 3.05) is 32.8 Å². The molecule has 0 saturated carbocycles. The number of amides is 1. The van der Waals surface area contributed by atoms with Gasteiger partial charge in [-0.05, 0) is 79.7 Å². The Labute approximate surface area is 176 Å². The van der Waals surface area contributed by atoms with Crippen molar-refractivity contribution in [1.29, 1.82) is 0 Å². The molecule has 29 heavy (non-hydrogen) atoms. The van der Waals surface area contributed by atoms with Crippen LogP contribution in [0.1, 0.15) is 18.1 Å². The zero-order valence-electron chi connectivity index (χ0n) is 17.2. The van der Waals surface area contributed by atoms with E-state index in [1.54, 1.807) is 26.2 Å². The fourth-order valence-corrected chi connectivity index (χ4v) is 3.43. The Hall–Kier alpha value is -3.06. The molecule has 6 nitrogen and oxygen atoms in total. The molecule has 0 spiro atoms. The summed E-state index contributed by atoms with van der Waals surface area (Å²) in [5.74, 6) is 1.81. The monoisotopic (exact) mass is 412 g/mol. The highest BCUT2D eigenvalue weighted by Gasteiger charge is 2.36. The summed E-state index contributed by atoms with van der Waals surface area (Å²) in [6.07, 6.45) is 1.82. The van der Waals surface area contributed by atoms with Crippen molar-refractivity contribution in [3.05, 3.63) is 53.2 Å². The molecule has 0 aromatic heterocycles. The molecular weight excluding hydrogens is 388 g/mol. The summed E-state index contributed by atoms with van der Waals surface area (Å²) >= 11 is 5.53. The minimum atomic E-state index is -0.184. The topological polar surface area (TPSA) is 51.2 Å². The van der Waals surface area contributed by atoms with Crippen molar-refractivity contribution in [3.63, 3.8) is 0 Å². The maximum absolute atomic E-state index is 13.2. The molecule has 0 N–H and O–H groups in total. The number of benzene rings is 2. The number of rotatable bonds is 6. The van der Waals surface area contributed by atoms with Gasteiger partial charge in [-0.25, -0.2) is 0 Å². The molecule has 0 aliphatic carbocycles. The molecule has 152 valence electrons. The number of aryl methyl sites for hydroxylation is 1. The minimum absolute atomic E-state index is 0.184. The second-order valence-corrected chi connectivity index (χ2v) is 6.87. The summed E-state index contributed by atoms with van der Waals surface area (Å²) in [6.45, 7) is 4.46. The van der Waals surface area contributed by atoms with E-state index in [2.05, 4.69) is 0 Å². The van der Waals surface area contributed by atoms with E-state index in [9.17, 15) is 4.79 Å². The van der Waals surface area contributed by atoms with Crippen LogP contribution in [-0.4, -0.2) is 43.8 Å². The third-order valence-electron chi connectivity index (χ3n) is 4.73. The molecule has 0 unspecified atom stereocenters. The first-order valence-corrected chi connectivity index (χ1v) is 9.61. The average Bonchev–Trinajstić information content (AvgIpc) is 2.93. The van der Waals surface area contributed by atoms with Crippen LogP contribution in [0.25, 0.3) is 6.08 Å². The van der Waals surface area contributed by atoms with Gasteiger partial charge in [-0.1, -0.05) is 0 Å². The first kappa shape index (κ1) is 20.7. The average molecular weight is 413 g/mol. The number of hydrogen-bond acceptors (Lipinski definition) is 5. The Morgan fingerprint density at radius 3 is 2.28 bits per heavy atom. The fourth-order valence-electron chi connectivity index (χ4n) is 3.14. The van der Waals surface area contributed by atoms with Gasteiger partial charge >= 0.3 is 0 Å². The van der Waals surface area contributed by atoms with Crippen LogP contribution in [0.4, 0.5) is 5.69 Å². The number of thiocarbonyl (C=S) groups is 1. The SMILES string of the molecule is CCOc1ccc(N2C(=O)C(=Cc3cc(OC)c(OC)cc3C)N(C)C2=S)cc1. The number of ether oxygens (including phenoxy) is 3. The van der Waals surface area contributed by atoms with Gasteiger partial charge in [0, 0.05) is 7.05 Å². The van der Waals surface area contributed by atoms with Crippen LogP contribution in [-0.2, 0) is 4.79 Å². The molecule has 1 fully saturated rings. The Balaban J connectivity index is 1.97. The maximum Gasteiger partial charge on any atom is 0.281 e. The van der Waals surface area contributed by atoms with E-state index in [1.165, 1.54) is 4.90 Å². The number of likely N-dealkylation sites (N-methyl/N-ethyl adjacent to an activating group) is 1. The second-order valence-electron chi connectivity index (χ2n) is 6.50. The second kappa shape index (κ2) is 8.53. The lowest BCUT2D eigenvalue weighted by Crippen LogP contribution is -2.31. The van der Waals surface area contributed by atoms with Crippen molar-refractivity contribution in [2.45, 2.75) is 13.8 Å². The fraction of sp³-hybridized carbons (Fsp3) is 0.273. The molecule has 1 aliphatic heterocycles. The van der Waals surface area contributed by atoms with Crippen LogP contribution < -0.4 is 19.1 Å². The third kappa shape index (κ3) is 3.91. The summed E-state index contributed by atoms with van der Waals surface area (Å²) in [6, 6.07) is 11.0. The van der Waals surface area contributed by atoms with Crippen LogP contribution in [0.5, 0.6) is 17.2 Å². The predicted octanol–water partition coefficient (Wildman–Crippen LogP) is 4.02. The van der Waals surface area contributed by atoms with Gasteiger partial charge in [-0.15, -0.1) is 0 Å². The lowest BCUT2D eigenvalue weighted by Gasteiger charge is -2.16. The van der Waals surface area contributed by atoms with E-state index in [0.29, 0.717) is 34.6 Å². The predicted molar refractivity (Wildman–Crippen MR) is 118 cm³/mol. The van der Waals surface area contributed by atoms with Crippen LogP contribution >= 0.6 is 12.2 Å². The van der Waals surface area contributed by atoms with E-state index in [-0.39, 0.29) is 5.91 Å². The van der Waals surface area contributed by atoms with Crippen LogP contribution in [0, 0.1) is 6.92 Å². The largest absolute Gasteiger partial charge is 0.494 e. The van der Waals surface area contributed by atoms with E-state index in [1.807, 2.05) is 56.3 Å². The van der Waals surface area contributed by atoms with Crippen LogP contribution in [0.2, 0.25) is 0 Å². The molecule has 0 radical (unpaired) electrons. The summed E-state index contributed by atoms with van der Waals surface area (Å²) in [4.78, 5) is 16.4. The molecule has 1 amide bonds. The van der Waals surface area contributed by atoms with Gasteiger partial charge in [0.25, 0.3) is 5.91 Å². The molecule has 3 rings (SSSR count). The van der Waals surface area contributed by atoms with Crippen LogP contribution in [0.3, 0.4) is 0 Å². The molecule has 0 bridgehead atoms. The lowest BCUT2D eigenvalue weighted by molar-refractivity contribution is -0.114. The summed E-state index contributed by atoms with van der Waals surface area (Å²) < 4.78 is 16.2. The van der Waals surface area contributed by atoms with Gasteiger partial charge < -0.3 is 19.1 Å². The molecule has 2 aromatic rings.